The van der Waals surface area contributed by atoms with Gasteiger partial charge in [-0.2, -0.15) is 5.10 Å². The second kappa shape index (κ2) is 4.73. The molecule has 0 amide bonds. The molecule has 0 saturated carbocycles. The van der Waals surface area contributed by atoms with E-state index in [4.69, 9.17) is 28.3 Å². The van der Waals surface area contributed by atoms with Crippen molar-refractivity contribution in [2.75, 3.05) is 0 Å². The average molecular weight is 272 g/mol. The Morgan fingerprint density at radius 3 is 2.88 bits per heavy atom. The molecule has 2 heterocycles. The molecule has 2 rings (SSSR count). The second-order valence-corrected chi connectivity index (χ2v) is 3.85. The molecule has 0 unspecified atom stereocenters. The summed E-state index contributed by atoms with van der Waals surface area (Å²) in [6.07, 6.45) is 1.51. The van der Waals surface area contributed by atoms with E-state index in [0.717, 1.165) is 0 Å². The van der Waals surface area contributed by atoms with Crippen LogP contribution in [0.15, 0.2) is 24.4 Å². The van der Waals surface area contributed by atoms with Crippen molar-refractivity contribution in [3.8, 4) is 5.82 Å². The van der Waals surface area contributed by atoms with Gasteiger partial charge in [0.25, 0.3) is 0 Å². The van der Waals surface area contributed by atoms with Gasteiger partial charge in [-0.1, -0.05) is 11.6 Å². The van der Waals surface area contributed by atoms with Gasteiger partial charge in [-0.15, -0.1) is 11.6 Å². The Morgan fingerprint density at radius 2 is 2.29 bits per heavy atom. The molecule has 0 aliphatic rings. The average Bonchev–Trinajstić information content (AvgIpc) is 2.73. The number of carboxylic acids is 1. The molecule has 0 aliphatic heterocycles. The van der Waals surface area contributed by atoms with Crippen LogP contribution in [-0.4, -0.2) is 25.8 Å². The van der Waals surface area contributed by atoms with E-state index in [2.05, 4.69) is 10.1 Å². The summed E-state index contributed by atoms with van der Waals surface area (Å²) in [5.41, 5.74) is 0.423. The third-order valence-electron chi connectivity index (χ3n) is 2.06. The second-order valence-electron chi connectivity index (χ2n) is 3.18. The first-order chi connectivity index (χ1) is 8.13. The third kappa shape index (κ3) is 2.25. The van der Waals surface area contributed by atoms with Gasteiger partial charge in [-0.3, -0.25) is 0 Å². The molecule has 0 fully saturated rings. The molecule has 2 aromatic heterocycles. The summed E-state index contributed by atoms with van der Waals surface area (Å²) < 4.78 is 1.17. The topological polar surface area (TPSA) is 68.0 Å². The first-order valence-corrected chi connectivity index (χ1v) is 5.54. The van der Waals surface area contributed by atoms with Crippen molar-refractivity contribution in [3.05, 3.63) is 40.8 Å². The lowest BCUT2D eigenvalue weighted by Gasteiger charge is -2.04. The molecule has 0 spiro atoms. The lowest BCUT2D eigenvalue weighted by atomic mass is 10.3. The predicted octanol–water partition coefficient (Wildman–Crippen LogP) is 2.36. The fourth-order valence-corrected chi connectivity index (χ4v) is 1.67. The minimum atomic E-state index is -1.12. The highest BCUT2D eigenvalue weighted by atomic mass is 35.5. The van der Waals surface area contributed by atoms with Crippen LogP contribution >= 0.6 is 23.2 Å². The largest absolute Gasteiger partial charge is 0.477 e. The van der Waals surface area contributed by atoms with Gasteiger partial charge in [-0.25, -0.2) is 14.5 Å². The third-order valence-corrected chi connectivity index (χ3v) is 2.62. The van der Waals surface area contributed by atoms with E-state index in [-0.39, 0.29) is 17.4 Å². The van der Waals surface area contributed by atoms with Crippen LogP contribution < -0.4 is 0 Å². The number of carbonyl (C=O) groups is 1. The molecule has 1 N–H and O–H groups in total. The molecular weight excluding hydrogens is 265 g/mol. The number of hydrogen-bond donors (Lipinski definition) is 1. The highest BCUT2D eigenvalue weighted by Crippen LogP contribution is 2.19. The Kier molecular flexibility index (Phi) is 3.31. The zero-order valence-electron chi connectivity index (χ0n) is 8.47. The van der Waals surface area contributed by atoms with Crippen LogP contribution in [0.2, 0.25) is 5.02 Å². The summed E-state index contributed by atoms with van der Waals surface area (Å²) >= 11 is 11.6. The number of carboxylic acid groups (broad SMARTS) is 1. The van der Waals surface area contributed by atoms with Crippen molar-refractivity contribution < 1.29 is 9.90 Å². The molecule has 0 atom stereocenters. The molecule has 0 radical (unpaired) electrons. The molecule has 0 aliphatic carbocycles. The molecule has 0 bridgehead atoms. The normalized spacial score (nSPS) is 10.5. The zero-order valence-corrected chi connectivity index (χ0v) is 9.98. The number of aromatic carboxylic acids is 1. The molecule has 0 saturated heterocycles. The van der Waals surface area contributed by atoms with Gasteiger partial charge in [0.2, 0.25) is 0 Å². The summed E-state index contributed by atoms with van der Waals surface area (Å²) in [6, 6.07) is 4.65. The molecule has 5 nitrogen and oxygen atoms in total. The molecule has 0 aromatic carbocycles. The summed E-state index contributed by atoms with van der Waals surface area (Å²) in [5.74, 6) is -0.726. The van der Waals surface area contributed by atoms with Crippen LogP contribution in [0.1, 0.15) is 16.2 Å². The molecule has 7 heteroatoms. The SMILES string of the molecule is O=C(O)c1cc(CCl)nn1-c1ncccc1Cl. The molecule has 17 heavy (non-hydrogen) atoms. The highest BCUT2D eigenvalue weighted by Gasteiger charge is 2.17. The monoisotopic (exact) mass is 271 g/mol. The van der Waals surface area contributed by atoms with Gasteiger partial charge in [0.05, 0.1) is 16.6 Å². The Balaban J connectivity index is 2.62. The Labute approximate surface area is 107 Å². The minimum Gasteiger partial charge on any atom is -0.477 e. The van der Waals surface area contributed by atoms with Crippen molar-refractivity contribution in [2.45, 2.75) is 5.88 Å². The lowest BCUT2D eigenvalue weighted by molar-refractivity contribution is 0.0687. The summed E-state index contributed by atoms with van der Waals surface area (Å²) in [7, 11) is 0. The Hall–Kier alpha value is -1.59. The van der Waals surface area contributed by atoms with Crippen LogP contribution in [-0.2, 0) is 5.88 Å². The van der Waals surface area contributed by atoms with Crippen molar-refractivity contribution in [2.24, 2.45) is 0 Å². The van der Waals surface area contributed by atoms with Gasteiger partial charge < -0.3 is 5.11 Å². The predicted molar refractivity (Wildman–Crippen MR) is 62.9 cm³/mol. The first-order valence-electron chi connectivity index (χ1n) is 4.62. The van der Waals surface area contributed by atoms with Crippen molar-refractivity contribution in [3.63, 3.8) is 0 Å². The standard InChI is InChI=1S/C10H7Cl2N3O2/c11-5-6-4-8(10(16)17)15(14-6)9-7(12)2-1-3-13-9/h1-4H,5H2,(H,16,17). The molecule has 2 aromatic rings. The van der Waals surface area contributed by atoms with Gasteiger partial charge in [-0.05, 0) is 18.2 Å². The first kappa shape index (κ1) is 11.9. The van der Waals surface area contributed by atoms with Gasteiger partial charge in [0, 0.05) is 6.20 Å². The number of aromatic nitrogens is 3. The fraction of sp³-hybridized carbons (Fsp3) is 0.100. The quantitative estimate of drug-likeness (QED) is 0.871. The molecule has 88 valence electrons. The van der Waals surface area contributed by atoms with Gasteiger partial charge in [0.15, 0.2) is 11.5 Å². The van der Waals surface area contributed by atoms with E-state index >= 15 is 0 Å². The summed E-state index contributed by atoms with van der Waals surface area (Å²) in [5, 5.41) is 13.4. The van der Waals surface area contributed by atoms with Gasteiger partial charge >= 0.3 is 5.97 Å². The number of rotatable bonds is 3. The number of pyridine rings is 1. The maximum Gasteiger partial charge on any atom is 0.354 e. The van der Waals surface area contributed by atoms with Crippen LogP contribution in [0.4, 0.5) is 0 Å². The summed E-state index contributed by atoms with van der Waals surface area (Å²) in [4.78, 5) is 15.1. The summed E-state index contributed by atoms with van der Waals surface area (Å²) in [6.45, 7) is 0. The van der Waals surface area contributed by atoms with Crippen molar-refractivity contribution in [1.82, 2.24) is 14.8 Å². The maximum absolute atomic E-state index is 11.1. The van der Waals surface area contributed by atoms with Crippen LogP contribution in [0.3, 0.4) is 0 Å². The Bertz CT molecular complexity index is 568. The van der Waals surface area contributed by atoms with E-state index in [1.54, 1.807) is 12.1 Å². The van der Waals surface area contributed by atoms with E-state index in [1.165, 1.54) is 16.9 Å². The van der Waals surface area contributed by atoms with Gasteiger partial charge in [0.1, 0.15) is 0 Å². The van der Waals surface area contributed by atoms with Crippen LogP contribution in [0.5, 0.6) is 0 Å². The van der Waals surface area contributed by atoms with Crippen LogP contribution in [0.25, 0.3) is 5.82 Å². The fourth-order valence-electron chi connectivity index (χ4n) is 1.34. The number of halogens is 2. The van der Waals surface area contributed by atoms with Crippen molar-refractivity contribution >= 4 is 29.2 Å². The number of alkyl halides is 1. The van der Waals surface area contributed by atoms with E-state index < -0.39 is 5.97 Å². The highest BCUT2D eigenvalue weighted by molar-refractivity contribution is 6.32. The van der Waals surface area contributed by atoms with E-state index in [0.29, 0.717) is 10.7 Å². The Morgan fingerprint density at radius 1 is 1.53 bits per heavy atom. The zero-order chi connectivity index (χ0) is 12.4. The van der Waals surface area contributed by atoms with E-state index in [1.807, 2.05) is 0 Å². The smallest absolute Gasteiger partial charge is 0.354 e. The van der Waals surface area contributed by atoms with Crippen molar-refractivity contribution in [1.29, 1.82) is 0 Å². The van der Waals surface area contributed by atoms with E-state index in [9.17, 15) is 4.79 Å². The lowest BCUT2D eigenvalue weighted by Crippen LogP contribution is -2.09. The number of hydrogen-bond acceptors (Lipinski definition) is 3. The molecular formula is C10H7Cl2N3O2. The minimum absolute atomic E-state index is 0.0266. The number of nitrogens with zero attached hydrogens (tertiary/aromatic N) is 3. The van der Waals surface area contributed by atoms with Crippen LogP contribution in [0, 0.1) is 0 Å². The maximum atomic E-state index is 11.1.